The van der Waals surface area contributed by atoms with Crippen LogP contribution in [0.1, 0.15) is 39.2 Å². The minimum absolute atomic E-state index is 0.0104. The molecule has 0 N–H and O–H groups in total. The van der Waals surface area contributed by atoms with Gasteiger partial charge in [-0.25, -0.2) is 4.68 Å². The fraction of sp³-hybridized carbons (Fsp3) is 0.241. The number of rotatable bonds is 8. The van der Waals surface area contributed by atoms with E-state index in [1.807, 2.05) is 73.8 Å². The Labute approximate surface area is 210 Å². The molecule has 4 rings (SSSR count). The number of benzene rings is 2. The molecule has 0 saturated carbocycles. The number of aromatic nitrogens is 2. The highest BCUT2D eigenvalue weighted by Gasteiger charge is 2.35. The van der Waals surface area contributed by atoms with Gasteiger partial charge in [-0.15, -0.1) is 0 Å². The molecule has 36 heavy (non-hydrogen) atoms. The van der Waals surface area contributed by atoms with Crippen molar-refractivity contribution in [3.05, 3.63) is 83.1 Å². The van der Waals surface area contributed by atoms with E-state index in [0.717, 1.165) is 28.3 Å². The molecule has 7 nitrogen and oxygen atoms in total. The molecule has 182 valence electrons. The van der Waals surface area contributed by atoms with Crippen LogP contribution in [0.2, 0.25) is 0 Å². The maximum atomic E-state index is 13.3. The molecule has 0 bridgehead atoms. The van der Waals surface area contributed by atoms with Crippen LogP contribution in [-0.2, 0) is 9.59 Å². The molecular weight excluding hydrogens is 452 g/mol. The number of nitrogens with zero attached hydrogens (tertiary/aromatic N) is 4. The molecule has 7 heteroatoms. The summed E-state index contributed by atoms with van der Waals surface area (Å²) in [5.74, 6) is -0.168. The van der Waals surface area contributed by atoms with E-state index < -0.39 is 11.8 Å². The molecule has 0 atom stereocenters. The van der Waals surface area contributed by atoms with E-state index in [1.165, 1.54) is 0 Å². The van der Waals surface area contributed by atoms with Gasteiger partial charge < -0.3 is 4.74 Å². The van der Waals surface area contributed by atoms with E-state index in [-0.39, 0.29) is 12.1 Å². The van der Waals surface area contributed by atoms with Crippen molar-refractivity contribution in [2.45, 2.75) is 33.6 Å². The molecule has 2 amide bonds. The Hall–Kier alpha value is -4.44. The molecule has 0 spiro atoms. The fourth-order valence-electron chi connectivity index (χ4n) is 4.07. The number of amides is 2. The van der Waals surface area contributed by atoms with Gasteiger partial charge in [0.2, 0.25) is 0 Å². The average molecular weight is 481 g/mol. The van der Waals surface area contributed by atoms with Crippen molar-refractivity contribution >= 4 is 17.9 Å². The highest BCUT2D eigenvalue weighted by atomic mass is 16.5. The third-order valence-electron chi connectivity index (χ3n) is 5.94. The van der Waals surface area contributed by atoms with Gasteiger partial charge in [0, 0.05) is 29.4 Å². The summed E-state index contributed by atoms with van der Waals surface area (Å²) in [7, 11) is 0. The smallest absolute Gasteiger partial charge is 0.271 e. The molecule has 2 heterocycles. The molecule has 0 fully saturated rings. The lowest BCUT2D eigenvalue weighted by Gasteiger charge is -2.27. The summed E-state index contributed by atoms with van der Waals surface area (Å²) in [6, 6.07) is 19.3. The minimum Gasteiger partial charge on any atom is -0.494 e. The second kappa shape index (κ2) is 10.9. The molecule has 0 aliphatic carbocycles. The lowest BCUT2D eigenvalue weighted by atomic mass is 9.93. The third-order valence-corrected chi connectivity index (χ3v) is 5.94. The van der Waals surface area contributed by atoms with Crippen molar-refractivity contribution in [2.24, 2.45) is 0 Å². The number of hydrogen-bond donors (Lipinski definition) is 0. The zero-order chi connectivity index (χ0) is 25.7. The molecule has 1 aliphatic rings. The third kappa shape index (κ3) is 4.84. The molecule has 1 aromatic heterocycles. The Bertz CT molecular complexity index is 1380. The van der Waals surface area contributed by atoms with Gasteiger partial charge in [-0.2, -0.15) is 10.4 Å². The lowest BCUT2D eigenvalue weighted by molar-refractivity contribution is -0.140. The van der Waals surface area contributed by atoms with Gasteiger partial charge in [-0.3, -0.25) is 14.5 Å². The standard InChI is InChI=1S/C29H28N4O3/c1-4-15-32-28(34)25(20(3)26(18-30)29(32)35)17-22-19-33(23-9-7-6-8-10-23)31-27(22)21-11-13-24(14-12-21)36-16-5-2/h6-14,17,19H,4-5,15-16H2,1-3H3/b25-17+. The molecule has 2 aromatic carbocycles. The maximum absolute atomic E-state index is 13.3. The normalized spacial score (nSPS) is 14.9. The van der Waals surface area contributed by atoms with E-state index >= 15 is 0 Å². The summed E-state index contributed by atoms with van der Waals surface area (Å²) in [5, 5.41) is 14.5. The van der Waals surface area contributed by atoms with Crippen LogP contribution in [0.15, 0.2) is 77.5 Å². The summed E-state index contributed by atoms with van der Waals surface area (Å²) in [4.78, 5) is 27.2. The number of imide groups is 1. The predicted octanol–water partition coefficient (Wildman–Crippen LogP) is 5.33. The Morgan fingerprint density at radius 1 is 1.00 bits per heavy atom. The summed E-state index contributed by atoms with van der Waals surface area (Å²) >= 11 is 0. The second-order valence-corrected chi connectivity index (χ2v) is 8.52. The quantitative estimate of drug-likeness (QED) is 0.321. The van der Waals surface area contributed by atoms with Crippen molar-refractivity contribution in [1.82, 2.24) is 14.7 Å². The van der Waals surface area contributed by atoms with Gasteiger partial charge in [-0.05, 0) is 67.8 Å². The zero-order valence-electron chi connectivity index (χ0n) is 20.7. The average Bonchev–Trinajstić information content (AvgIpc) is 3.33. The molecular formula is C29H28N4O3. The van der Waals surface area contributed by atoms with E-state index in [0.29, 0.717) is 35.4 Å². The van der Waals surface area contributed by atoms with Crippen LogP contribution in [0.5, 0.6) is 5.75 Å². The van der Waals surface area contributed by atoms with Crippen molar-refractivity contribution in [3.8, 4) is 28.8 Å². The van der Waals surface area contributed by atoms with Crippen LogP contribution in [0.3, 0.4) is 0 Å². The van der Waals surface area contributed by atoms with E-state index in [9.17, 15) is 14.9 Å². The van der Waals surface area contributed by atoms with Crippen molar-refractivity contribution in [2.75, 3.05) is 13.2 Å². The van der Waals surface area contributed by atoms with Crippen molar-refractivity contribution in [1.29, 1.82) is 5.26 Å². The number of hydrogen-bond acceptors (Lipinski definition) is 5. The highest BCUT2D eigenvalue weighted by Crippen LogP contribution is 2.32. The number of carbonyl (C=O) groups is 2. The van der Waals surface area contributed by atoms with Crippen LogP contribution in [-0.4, -0.2) is 39.6 Å². The van der Waals surface area contributed by atoms with E-state index in [4.69, 9.17) is 9.84 Å². The zero-order valence-corrected chi connectivity index (χ0v) is 20.7. The van der Waals surface area contributed by atoms with Crippen LogP contribution in [0.25, 0.3) is 23.0 Å². The van der Waals surface area contributed by atoms with Crippen LogP contribution in [0, 0.1) is 11.3 Å². The van der Waals surface area contributed by atoms with Crippen LogP contribution >= 0.6 is 0 Å². The molecule has 1 aliphatic heterocycles. The number of para-hydroxylation sites is 1. The topological polar surface area (TPSA) is 88.2 Å². The monoisotopic (exact) mass is 480 g/mol. The van der Waals surface area contributed by atoms with Gasteiger partial charge >= 0.3 is 0 Å². The van der Waals surface area contributed by atoms with Crippen LogP contribution in [0.4, 0.5) is 0 Å². The first-order valence-corrected chi connectivity index (χ1v) is 12.1. The first-order valence-electron chi connectivity index (χ1n) is 12.1. The Balaban J connectivity index is 1.86. The summed E-state index contributed by atoms with van der Waals surface area (Å²) in [6.45, 7) is 6.48. The second-order valence-electron chi connectivity index (χ2n) is 8.52. The molecule has 0 unspecified atom stereocenters. The van der Waals surface area contributed by atoms with Gasteiger partial charge in [0.1, 0.15) is 17.4 Å². The highest BCUT2D eigenvalue weighted by molar-refractivity contribution is 6.19. The molecule has 3 aromatic rings. The first-order chi connectivity index (χ1) is 17.5. The Morgan fingerprint density at radius 2 is 1.72 bits per heavy atom. The van der Waals surface area contributed by atoms with Gasteiger partial charge in [-0.1, -0.05) is 32.0 Å². The Kier molecular flexibility index (Phi) is 7.45. The lowest BCUT2D eigenvalue weighted by Crippen LogP contribution is -2.43. The van der Waals surface area contributed by atoms with Crippen molar-refractivity contribution < 1.29 is 14.3 Å². The maximum Gasteiger partial charge on any atom is 0.271 e. The Morgan fingerprint density at radius 3 is 2.36 bits per heavy atom. The predicted molar refractivity (Wildman–Crippen MR) is 138 cm³/mol. The van der Waals surface area contributed by atoms with Crippen LogP contribution < -0.4 is 4.74 Å². The summed E-state index contributed by atoms with van der Waals surface area (Å²) in [5.41, 5.74) is 3.78. The number of ether oxygens (including phenoxy) is 1. The number of nitriles is 1. The SMILES string of the molecule is CCCOc1ccc(-c2nn(-c3ccccc3)cc2/C=C2/C(=O)N(CCC)C(=O)C(C#N)=C2C)cc1. The van der Waals surface area contributed by atoms with E-state index in [2.05, 4.69) is 6.92 Å². The molecule has 0 saturated heterocycles. The van der Waals surface area contributed by atoms with Gasteiger partial charge in [0.15, 0.2) is 0 Å². The largest absolute Gasteiger partial charge is 0.494 e. The van der Waals surface area contributed by atoms with Gasteiger partial charge in [0.25, 0.3) is 11.8 Å². The first kappa shape index (κ1) is 24.7. The fourth-order valence-corrected chi connectivity index (χ4v) is 4.07. The van der Waals surface area contributed by atoms with E-state index in [1.54, 1.807) is 17.7 Å². The summed E-state index contributed by atoms with van der Waals surface area (Å²) in [6.07, 6.45) is 5.11. The molecule has 0 radical (unpaired) electrons. The van der Waals surface area contributed by atoms with Crippen molar-refractivity contribution in [3.63, 3.8) is 0 Å². The number of carbonyl (C=O) groups excluding carboxylic acids is 2. The van der Waals surface area contributed by atoms with Gasteiger partial charge in [0.05, 0.1) is 18.0 Å². The summed E-state index contributed by atoms with van der Waals surface area (Å²) < 4.78 is 7.47. The minimum atomic E-state index is -0.540.